The van der Waals surface area contributed by atoms with Crippen LogP contribution in [0.2, 0.25) is 0 Å². The molecule has 1 aromatic heterocycles. The summed E-state index contributed by atoms with van der Waals surface area (Å²) in [5.74, 6) is 1.85. The molecular formula is C35H47N9O4. The normalized spacial score (nSPS) is 20.4. The fourth-order valence-electron chi connectivity index (χ4n) is 6.22. The molecule has 0 unspecified atom stereocenters. The molecule has 0 aliphatic carbocycles. The Morgan fingerprint density at radius 1 is 0.750 bits per heavy atom. The third-order valence-corrected chi connectivity index (χ3v) is 9.14. The Labute approximate surface area is 282 Å². The van der Waals surface area contributed by atoms with Gasteiger partial charge in [-0.2, -0.15) is 15.0 Å². The van der Waals surface area contributed by atoms with Crippen LogP contribution in [-0.4, -0.2) is 121 Å². The lowest BCUT2D eigenvalue weighted by Gasteiger charge is -2.36. The van der Waals surface area contributed by atoms with Crippen LogP contribution in [0.3, 0.4) is 0 Å². The van der Waals surface area contributed by atoms with Crippen molar-refractivity contribution < 1.29 is 19.1 Å². The molecule has 3 aromatic rings. The van der Waals surface area contributed by atoms with Crippen LogP contribution in [0.1, 0.15) is 44.0 Å². The molecule has 3 amide bonds. The first-order chi connectivity index (χ1) is 23.4. The van der Waals surface area contributed by atoms with Gasteiger partial charge in [0.2, 0.25) is 11.9 Å². The molecule has 2 N–H and O–H groups in total. The van der Waals surface area contributed by atoms with Crippen molar-refractivity contribution in [3.63, 3.8) is 0 Å². The number of carbonyl (C=O) groups excluding carboxylic acids is 2. The van der Waals surface area contributed by atoms with Crippen LogP contribution in [0.4, 0.5) is 28.1 Å². The molecule has 256 valence electrons. The van der Waals surface area contributed by atoms with E-state index in [1.807, 2.05) is 29.2 Å². The van der Waals surface area contributed by atoms with E-state index in [1.165, 1.54) is 12.8 Å². The quantitative estimate of drug-likeness (QED) is 0.346. The highest BCUT2D eigenvalue weighted by molar-refractivity contribution is 6.00. The lowest BCUT2D eigenvalue weighted by atomic mass is 10.1. The average molecular weight is 658 g/mol. The van der Waals surface area contributed by atoms with Crippen LogP contribution in [0, 0.1) is 0 Å². The molecule has 48 heavy (non-hydrogen) atoms. The predicted molar refractivity (Wildman–Crippen MR) is 187 cm³/mol. The smallest absolute Gasteiger partial charge is 0.323 e. The van der Waals surface area contributed by atoms with Gasteiger partial charge in [0.25, 0.3) is 5.91 Å². The van der Waals surface area contributed by atoms with E-state index in [2.05, 4.69) is 46.1 Å². The number of nitrogens with zero attached hydrogens (tertiary/aromatic N) is 7. The fraction of sp³-hybridized carbons (Fsp3) is 0.514. The number of nitrogens with one attached hydrogen (secondary N) is 2. The zero-order valence-corrected chi connectivity index (χ0v) is 28.2. The molecule has 4 heterocycles. The van der Waals surface area contributed by atoms with E-state index in [9.17, 15) is 9.59 Å². The summed E-state index contributed by atoms with van der Waals surface area (Å²) in [5.41, 5.74) is 2.66. The van der Waals surface area contributed by atoms with Crippen LogP contribution >= 0.6 is 0 Å². The summed E-state index contributed by atoms with van der Waals surface area (Å²) in [6.07, 6.45) is 2.37. The van der Waals surface area contributed by atoms with E-state index in [-0.39, 0.29) is 24.0 Å². The summed E-state index contributed by atoms with van der Waals surface area (Å²) in [6.45, 7) is 14.7. The van der Waals surface area contributed by atoms with Crippen molar-refractivity contribution in [2.75, 3.05) is 92.7 Å². The van der Waals surface area contributed by atoms with Gasteiger partial charge in [-0.05, 0) is 75.3 Å². The summed E-state index contributed by atoms with van der Waals surface area (Å²) < 4.78 is 11.3. The van der Waals surface area contributed by atoms with Crippen molar-refractivity contribution in [3.8, 4) is 11.4 Å². The second-order valence-electron chi connectivity index (χ2n) is 12.7. The van der Waals surface area contributed by atoms with Gasteiger partial charge in [0.1, 0.15) is 0 Å². The number of aromatic nitrogens is 3. The topological polar surface area (TPSA) is 128 Å². The lowest BCUT2D eigenvalue weighted by molar-refractivity contribution is 0.0635. The van der Waals surface area contributed by atoms with Crippen molar-refractivity contribution in [3.05, 3.63) is 54.1 Å². The Morgan fingerprint density at radius 2 is 1.29 bits per heavy atom. The minimum Gasteiger partial charge on any atom is -0.377 e. The minimum atomic E-state index is -0.377. The van der Waals surface area contributed by atoms with E-state index in [0.717, 1.165) is 38.3 Å². The number of amides is 3. The molecule has 3 fully saturated rings. The van der Waals surface area contributed by atoms with Crippen molar-refractivity contribution in [1.29, 1.82) is 0 Å². The average Bonchev–Trinajstić information content (AvgIpc) is 3.11. The molecule has 0 radical (unpaired) electrons. The Bertz CT molecular complexity index is 1490. The molecule has 3 aliphatic rings. The third kappa shape index (κ3) is 8.20. The summed E-state index contributed by atoms with van der Waals surface area (Å²) in [5, 5.41) is 5.74. The number of piperazine rings is 1. The zero-order chi connectivity index (χ0) is 33.5. The van der Waals surface area contributed by atoms with E-state index < -0.39 is 0 Å². The standard InChI is InChI=1S/C35H47N9O4/c1-4-5-14-41-15-17-42(18-16-41)32(45)28-8-12-30(13-9-28)37-35(46)36-29-10-6-27(7-11-29)31-38-33(43-19-21-47-23-25(43)2)40-34(39-31)44-20-22-48-24-26(44)3/h6-13,25-26H,4-5,14-24H2,1-3H3,(H2,36,37,46)/t25-,26-/m0/s1. The number of hydrogen-bond donors (Lipinski definition) is 2. The highest BCUT2D eigenvalue weighted by atomic mass is 16.5. The number of carbonyl (C=O) groups is 2. The maximum Gasteiger partial charge on any atom is 0.323 e. The summed E-state index contributed by atoms with van der Waals surface area (Å²) >= 11 is 0. The van der Waals surface area contributed by atoms with Gasteiger partial charge in [0.05, 0.1) is 38.5 Å². The second kappa shape index (κ2) is 15.7. The molecule has 3 aliphatic heterocycles. The first-order valence-electron chi connectivity index (χ1n) is 17.1. The largest absolute Gasteiger partial charge is 0.377 e. The summed E-state index contributed by atoms with van der Waals surface area (Å²) in [6, 6.07) is 14.4. The van der Waals surface area contributed by atoms with Gasteiger partial charge < -0.3 is 34.8 Å². The van der Waals surface area contributed by atoms with Gasteiger partial charge in [-0.1, -0.05) is 13.3 Å². The van der Waals surface area contributed by atoms with Crippen LogP contribution in [0.15, 0.2) is 48.5 Å². The minimum absolute atomic E-state index is 0.0255. The van der Waals surface area contributed by atoms with E-state index in [1.54, 1.807) is 24.3 Å². The number of urea groups is 1. The SMILES string of the molecule is CCCCN1CCN(C(=O)c2ccc(NC(=O)Nc3ccc(-c4nc(N5CCOC[C@@H]5C)nc(N5CCOC[C@@H]5C)n4)cc3)cc2)CC1. The van der Waals surface area contributed by atoms with Crippen molar-refractivity contribution in [2.45, 2.75) is 45.7 Å². The first kappa shape index (κ1) is 33.6. The molecule has 13 heteroatoms. The molecule has 6 rings (SSSR count). The Balaban J connectivity index is 1.08. The Hall–Kier alpha value is -4.33. The van der Waals surface area contributed by atoms with Gasteiger partial charge in [0.15, 0.2) is 5.82 Å². The molecule has 2 atom stereocenters. The number of unbranched alkanes of at least 4 members (excludes halogenated alkanes) is 1. The number of morpholine rings is 2. The van der Waals surface area contributed by atoms with Crippen molar-refractivity contribution in [2.24, 2.45) is 0 Å². The molecule has 3 saturated heterocycles. The van der Waals surface area contributed by atoms with E-state index in [4.69, 9.17) is 24.4 Å². The Kier molecular flexibility index (Phi) is 11.0. The van der Waals surface area contributed by atoms with Crippen LogP contribution in [0.5, 0.6) is 0 Å². The maximum atomic E-state index is 13.0. The maximum absolute atomic E-state index is 13.0. The van der Waals surface area contributed by atoms with Crippen LogP contribution in [-0.2, 0) is 9.47 Å². The highest BCUT2D eigenvalue weighted by Gasteiger charge is 2.27. The first-order valence-corrected chi connectivity index (χ1v) is 17.1. The Morgan fingerprint density at radius 3 is 1.81 bits per heavy atom. The highest BCUT2D eigenvalue weighted by Crippen LogP contribution is 2.26. The molecular weight excluding hydrogens is 610 g/mol. The molecule has 0 spiro atoms. The van der Waals surface area contributed by atoms with E-state index in [0.29, 0.717) is 74.2 Å². The number of rotatable bonds is 9. The molecule has 0 bridgehead atoms. The van der Waals surface area contributed by atoms with Crippen LogP contribution in [0.25, 0.3) is 11.4 Å². The van der Waals surface area contributed by atoms with Crippen molar-refractivity contribution >= 4 is 35.2 Å². The monoisotopic (exact) mass is 657 g/mol. The number of benzene rings is 2. The molecule has 13 nitrogen and oxygen atoms in total. The van der Waals surface area contributed by atoms with Gasteiger partial charge in [-0.15, -0.1) is 0 Å². The van der Waals surface area contributed by atoms with Gasteiger partial charge in [-0.25, -0.2) is 4.79 Å². The second-order valence-corrected chi connectivity index (χ2v) is 12.7. The van der Waals surface area contributed by atoms with Gasteiger partial charge in [0, 0.05) is 61.8 Å². The van der Waals surface area contributed by atoms with Crippen LogP contribution < -0.4 is 20.4 Å². The summed E-state index contributed by atoms with van der Waals surface area (Å²) in [4.78, 5) is 49.2. The third-order valence-electron chi connectivity index (χ3n) is 9.14. The van der Waals surface area contributed by atoms with E-state index >= 15 is 0 Å². The predicted octanol–water partition coefficient (Wildman–Crippen LogP) is 4.19. The summed E-state index contributed by atoms with van der Waals surface area (Å²) in [7, 11) is 0. The van der Waals surface area contributed by atoms with Gasteiger partial charge >= 0.3 is 6.03 Å². The number of ether oxygens (including phenoxy) is 2. The fourth-order valence-corrected chi connectivity index (χ4v) is 6.22. The lowest BCUT2D eigenvalue weighted by Crippen LogP contribution is -2.48. The molecule has 0 saturated carbocycles. The number of hydrogen-bond acceptors (Lipinski definition) is 10. The number of anilines is 4. The molecule has 2 aromatic carbocycles. The van der Waals surface area contributed by atoms with Gasteiger partial charge in [-0.3, -0.25) is 9.69 Å². The zero-order valence-electron chi connectivity index (χ0n) is 28.2. The van der Waals surface area contributed by atoms with Crippen molar-refractivity contribution in [1.82, 2.24) is 24.8 Å².